The van der Waals surface area contributed by atoms with Gasteiger partial charge in [-0.2, -0.15) is 0 Å². The van der Waals surface area contributed by atoms with Crippen molar-refractivity contribution in [3.05, 3.63) is 42.0 Å². The molecule has 0 bridgehead atoms. The zero-order chi connectivity index (χ0) is 14.4. The number of carbonyl (C=O) groups is 2. The summed E-state index contributed by atoms with van der Waals surface area (Å²) in [6, 6.07) is 9.93. The van der Waals surface area contributed by atoms with Gasteiger partial charge in [-0.1, -0.05) is 42.5 Å². The summed E-state index contributed by atoms with van der Waals surface area (Å²) < 4.78 is 0. The number of hydrogen-bond donors (Lipinski definition) is 1. The van der Waals surface area contributed by atoms with Crippen molar-refractivity contribution in [3.8, 4) is 0 Å². The molecule has 1 aliphatic heterocycles. The predicted octanol–water partition coefficient (Wildman–Crippen LogP) is 2.41. The number of nitrogens with zero attached hydrogens (tertiary/aromatic N) is 1. The molecule has 1 unspecified atom stereocenters. The minimum atomic E-state index is -0.802. The van der Waals surface area contributed by atoms with Crippen LogP contribution in [0.1, 0.15) is 24.8 Å². The summed E-state index contributed by atoms with van der Waals surface area (Å²) in [5.41, 5.74) is 1.12. The number of benzene rings is 1. The molecule has 0 aromatic heterocycles. The highest BCUT2D eigenvalue weighted by Crippen LogP contribution is 2.17. The maximum Gasteiger partial charge on any atom is 0.308 e. The molecule has 1 heterocycles. The van der Waals surface area contributed by atoms with Crippen LogP contribution in [0.5, 0.6) is 0 Å². The Balaban J connectivity index is 1.73. The molecule has 1 atom stereocenters. The Morgan fingerprint density at radius 2 is 2.05 bits per heavy atom. The first-order chi connectivity index (χ1) is 9.66. The molecule has 1 aromatic rings. The van der Waals surface area contributed by atoms with Gasteiger partial charge in [0.05, 0.1) is 5.92 Å². The van der Waals surface area contributed by atoms with Gasteiger partial charge in [0, 0.05) is 19.5 Å². The summed E-state index contributed by atoms with van der Waals surface area (Å²) in [6.45, 7) is 0.925. The van der Waals surface area contributed by atoms with Gasteiger partial charge >= 0.3 is 5.97 Å². The number of rotatable bonds is 5. The molecule has 2 rings (SSSR count). The van der Waals surface area contributed by atoms with Crippen LogP contribution in [0.15, 0.2) is 36.4 Å². The summed E-state index contributed by atoms with van der Waals surface area (Å²) >= 11 is 0. The number of aliphatic carboxylic acids is 1. The molecule has 20 heavy (non-hydrogen) atoms. The number of likely N-dealkylation sites (tertiary alicyclic amines) is 1. The highest BCUT2D eigenvalue weighted by Gasteiger charge is 2.30. The van der Waals surface area contributed by atoms with Crippen LogP contribution in [0.2, 0.25) is 0 Å². The van der Waals surface area contributed by atoms with Crippen LogP contribution in [0.3, 0.4) is 0 Å². The molecule has 0 radical (unpaired) electrons. The molecule has 0 saturated carbocycles. The fourth-order valence-corrected chi connectivity index (χ4v) is 2.34. The molecule has 1 saturated heterocycles. The van der Waals surface area contributed by atoms with Crippen molar-refractivity contribution < 1.29 is 14.7 Å². The first-order valence-electron chi connectivity index (χ1n) is 6.89. The van der Waals surface area contributed by atoms with Gasteiger partial charge < -0.3 is 10.0 Å². The molecule has 4 nitrogen and oxygen atoms in total. The zero-order valence-corrected chi connectivity index (χ0v) is 11.4. The largest absolute Gasteiger partial charge is 0.481 e. The molecule has 1 aromatic carbocycles. The zero-order valence-electron chi connectivity index (χ0n) is 11.4. The molecular formula is C16H19NO3. The lowest BCUT2D eigenvalue weighted by Crippen LogP contribution is -2.29. The van der Waals surface area contributed by atoms with Gasteiger partial charge in [-0.3, -0.25) is 9.59 Å². The second-order valence-corrected chi connectivity index (χ2v) is 5.02. The Hall–Kier alpha value is -2.10. The topological polar surface area (TPSA) is 57.6 Å². The number of amides is 1. The average Bonchev–Trinajstić information content (AvgIpc) is 2.94. The minimum absolute atomic E-state index is 0.0476. The maximum absolute atomic E-state index is 11.9. The lowest BCUT2D eigenvalue weighted by molar-refractivity contribution is -0.141. The second kappa shape index (κ2) is 6.89. The van der Waals surface area contributed by atoms with Gasteiger partial charge in [0.15, 0.2) is 0 Å². The fraction of sp³-hybridized carbons (Fsp3) is 0.375. The third kappa shape index (κ3) is 3.95. The highest BCUT2D eigenvalue weighted by atomic mass is 16.4. The summed E-state index contributed by atoms with van der Waals surface area (Å²) in [7, 11) is 0. The average molecular weight is 273 g/mol. The van der Waals surface area contributed by atoms with Crippen molar-refractivity contribution in [2.75, 3.05) is 13.1 Å². The summed E-state index contributed by atoms with van der Waals surface area (Å²) in [6.07, 6.45) is 5.67. The molecule has 0 aliphatic carbocycles. The smallest absolute Gasteiger partial charge is 0.308 e. The van der Waals surface area contributed by atoms with Gasteiger partial charge in [0.25, 0.3) is 0 Å². The molecule has 1 fully saturated rings. The SMILES string of the molecule is O=C(O)C1CCN(C(=O)CC/C=C/c2ccccc2)C1. The molecule has 1 aliphatic rings. The van der Waals surface area contributed by atoms with Crippen LogP contribution in [0.25, 0.3) is 6.08 Å². The van der Waals surface area contributed by atoms with Crippen LogP contribution < -0.4 is 0 Å². The number of carbonyl (C=O) groups excluding carboxylic acids is 1. The van der Waals surface area contributed by atoms with Gasteiger partial charge in [0.1, 0.15) is 0 Å². The van der Waals surface area contributed by atoms with E-state index in [9.17, 15) is 9.59 Å². The first kappa shape index (κ1) is 14.3. The van der Waals surface area contributed by atoms with Crippen LogP contribution >= 0.6 is 0 Å². The van der Waals surface area contributed by atoms with Gasteiger partial charge in [0.2, 0.25) is 5.91 Å². The Morgan fingerprint density at radius 1 is 1.30 bits per heavy atom. The van der Waals surface area contributed by atoms with Crippen molar-refractivity contribution in [1.29, 1.82) is 0 Å². The lowest BCUT2D eigenvalue weighted by Gasteiger charge is -2.14. The molecular weight excluding hydrogens is 254 g/mol. The molecule has 1 N–H and O–H groups in total. The van der Waals surface area contributed by atoms with Crippen molar-refractivity contribution in [2.24, 2.45) is 5.92 Å². The van der Waals surface area contributed by atoms with E-state index in [0.717, 1.165) is 5.56 Å². The predicted molar refractivity (Wildman–Crippen MR) is 77.0 cm³/mol. The van der Waals surface area contributed by atoms with Crippen molar-refractivity contribution in [2.45, 2.75) is 19.3 Å². The monoisotopic (exact) mass is 273 g/mol. The molecule has 4 heteroatoms. The minimum Gasteiger partial charge on any atom is -0.481 e. The van der Waals surface area contributed by atoms with E-state index in [2.05, 4.69) is 0 Å². The van der Waals surface area contributed by atoms with Crippen LogP contribution in [-0.2, 0) is 9.59 Å². The standard InChI is InChI=1S/C16H19NO3/c18-15(17-11-10-14(12-17)16(19)20)9-5-4-8-13-6-2-1-3-7-13/h1-4,6-8,14H,5,9-12H2,(H,19,20)/b8-4+. The van der Waals surface area contributed by atoms with Gasteiger partial charge in [-0.05, 0) is 18.4 Å². The van der Waals surface area contributed by atoms with E-state index < -0.39 is 5.97 Å². The molecule has 1 amide bonds. The van der Waals surface area contributed by atoms with Crippen molar-refractivity contribution in [1.82, 2.24) is 4.90 Å². The van der Waals surface area contributed by atoms with Gasteiger partial charge in [-0.15, -0.1) is 0 Å². The molecule has 0 spiro atoms. The first-order valence-corrected chi connectivity index (χ1v) is 6.89. The van der Waals surface area contributed by atoms with E-state index in [4.69, 9.17) is 5.11 Å². The third-order valence-corrected chi connectivity index (χ3v) is 3.52. The van der Waals surface area contributed by atoms with E-state index >= 15 is 0 Å². The van der Waals surface area contributed by atoms with E-state index in [1.165, 1.54) is 0 Å². The van der Waals surface area contributed by atoms with Crippen molar-refractivity contribution >= 4 is 18.0 Å². The summed E-state index contributed by atoms with van der Waals surface area (Å²) in [5, 5.41) is 8.90. The van der Waals surface area contributed by atoms with Crippen LogP contribution in [-0.4, -0.2) is 35.0 Å². The Kier molecular flexibility index (Phi) is 4.93. The van der Waals surface area contributed by atoms with E-state index in [1.54, 1.807) is 4.90 Å². The highest BCUT2D eigenvalue weighted by molar-refractivity contribution is 5.78. The van der Waals surface area contributed by atoms with Crippen LogP contribution in [0.4, 0.5) is 0 Å². The van der Waals surface area contributed by atoms with Gasteiger partial charge in [-0.25, -0.2) is 0 Å². The Bertz CT molecular complexity index is 496. The number of hydrogen-bond acceptors (Lipinski definition) is 2. The molecule has 106 valence electrons. The number of carboxylic acid groups (broad SMARTS) is 1. The number of allylic oxidation sites excluding steroid dienone is 1. The quantitative estimate of drug-likeness (QED) is 0.896. The maximum atomic E-state index is 11.9. The Morgan fingerprint density at radius 3 is 2.70 bits per heavy atom. The van der Waals surface area contributed by atoms with E-state index in [0.29, 0.717) is 32.4 Å². The van der Waals surface area contributed by atoms with Crippen molar-refractivity contribution in [3.63, 3.8) is 0 Å². The fourth-order valence-electron chi connectivity index (χ4n) is 2.34. The third-order valence-electron chi connectivity index (χ3n) is 3.52. The Labute approximate surface area is 118 Å². The lowest BCUT2D eigenvalue weighted by atomic mass is 10.1. The summed E-state index contributed by atoms with van der Waals surface area (Å²) in [4.78, 5) is 24.4. The number of carboxylic acids is 1. The normalized spacial score (nSPS) is 18.6. The second-order valence-electron chi connectivity index (χ2n) is 5.02. The van der Waals surface area contributed by atoms with E-state index in [1.807, 2.05) is 42.5 Å². The van der Waals surface area contributed by atoms with Crippen LogP contribution in [0, 0.1) is 5.92 Å². The summed E-state index contributed by atoms with van der Waals surface area (Å²) in [5.74, 6) is -1.14. The van der Waals surface area contributed by atoms with E-state index in [-0.39, 0.29) is 11.8 Å².